The quantitative estimate of drug-likeness (QED) is 0.658. The van der Waals surface area contributed by atoms with Crippen molar-refractivity contribution in [1.82, 2.24) is 4.90 Å². The third-order valence-corrected chi connectivity index (χ3v) is 6.35. The lowest BCUT2D eigenvalue weighted by Gasteiger charge is -2.27. The van der Waals surface area contributed by atoms with E-state index in [1.807, 2.05) is 0 Å². The van der Waals surface area contributed by atoms with Crippen LogP contribution in [0.5, 0.6) is 0 Å². The average molecular weight is 489 g/mol. The second-order valence-corrected chi connectivity index (χ2v) is 8.79. The van der Waals surface area contributed by atoms with Gasteiger partial charge in [0.1, 0.15) is 11.9 Å². The number of methoxy groups -OCH3 is 1. The molecule has 4 amide bonds. The summed E-state index contributed by atoms with van der Waals surface area (Å²) >= 11 is 5.89. The second kappa shape index (κ2) is 10.4. The molecular weight excluding hydrogens is 463 g/mol. The van der Waals surface area contributed by atoms with Crippen LogP contribution in [-0.2, 0) is 14.3 Å². The third-order valence-electron chi connectivity index (χ3n) is 6.10. The molecule has 8 nitrogen and oxygen atoms in total. The molecule has 0 unspecified atom stereocenters. The molecule has 2 heterocycles. The minimum Gasteiger partial charge on any atom is -0.380 e. The number of benzene rings is 2. The number of urea groups is 1. The Morgan fingerprint density at radius 1 is 1.12 bits per heavy atom. The maximum absolute atomic E-state index is 14.8. The summed E-state index contributed by atoms with van der Waals surface area (Å²) in [4.78, 5) is 41.0. The molecule has 2 fully saturated rings. The number of carbonyl (C=O) groups excluding carboxylic acids is 3. The number of hydrogen-bond donors (Lipinski definition) is 2. The van der Waals surface area contributed by atoms with E-state index in [9.17, 15) is 18.8 Å². The molecule has 10 heteroatoms. The molecule has 2 atom stereocenters. The molecule has 180 valence electrons. The Hall–Kier alpha value is -3.17. The highest BCUT2D eigenvalue weighted by Gasteiger charge is 2.40. The van der Waals surface area contributed by atoms with Gasteiger partial charge in [-0.2, -0.15) is 0 Å². The smallest absolute Gasteiger partial charge is 0.322 e. The molecule has 2 aliphatic heterocycles. The first-order valence-corrected chi connectivity index (χ1v) is 11.5. The van der Waals surface area contributed by atoms with Crippen LogP contribution in [0.2, 0.25) is 5.02 Å². The van der Waals surface area contributed by atoms with Crippen molar-refractivity contribution in [1.29, 1.82) is 0 Å². The second-order valence-electron chi connectivity index (χ2n) is 8.35. The standard InChI is InChI=1S/C24H26ClFN4O4/c1-34-18-13-21(30(14-18)24(33)27-16-7-5-15(25)6-8-16)23(32)28-20-10-9-17(12-19(20)26)29-11-3-2-4-22(29)31/h5-10,12,18,21H,2-4,11,13-14H2,1H3,(H,27,33)(H,28,32)/t18-,21+/m0/s1. The summed E-state index contributed by atoms with van der Waals surface area (Å²) in [7, 11) is 1.51. The molecule has 4 rings (SSSR count). The van der Waals surface area contributed by atoms with Gasteiger partial charge in [0.15, 0.2) is 0 Å². The minimum atomic E-state index is -0.847. The van der Waals surface area contributed by atoms with Gasteiger partial charge in [0.05, 0.1) is 11.8 Å². The zero-order chi connectivity index (χ0) is 24.2. The first kappa shape index (κ1) is 24.0. The lowest BCUT2D eigenvalue weighted by Crippen LogP contribution is -2.45. The van der Waals surface area contributed by atoms with Crippen LogP contribution in [0, 0.1) is 5.82 Å². The van der Waals surface area contributed by atoms with Crippen LogP contribution >= 0.6 is 11.6 Å². The number of carbonyl (C=O) groups is 3. The van der Waals surface area contributed by atoms with Crippen LogP contribution in [0.1, 0.15) is 25.7 Å². The zero-order valence-electron chi connectivity index (χ0n) is 18.7. The Morgan fingerprint density at radius 2 is 1.88 bits per heavy atom. The fourth-order valence-corrected chi connectivity index (χ4v) is 4.36. The van der Waals surface area contributed by atoms with Crippen LogP contribution in [-0.4, -0.2) is 55.1 Å². The Bertz CT molecular complexity index is 1080. The van der Waals surface area contributed by atoms with Crippen LogP contribution in [0.4, 0.5) is 26.2 Å². The van der Waals surface area contributed by atoms with E-state index in [1.165, 1.54) is 24.1 Å². The summed E-state index contributed by atoms with van der Waals surface area (Å²) in [6.45, 7) is 0.759. The molecule has 0 aliphatic carbocycles. The Balaban J connectivity index is 1.46. The van der Waals surface area contributed by atoms with Gasteiger partial charge in [-0.3, -0.25) is 9.59 Å². The molecule has 2 aromatic rings. The van der Waals surface area contributed by atoms with Crippen LogP contribution < -0.4 is 15.5 Å². The number of rotatable bonds is 5. The van der Waals surface area contributed by atoms with Gasteiger partial charge in [-0.05, 0) is 55.3 Å². The number of piperidine rings is 1. The number of halogens is 2. The monoisotopic (exact) mass is 488 g/mol. The van der Waals surface area contributed by atoms with Gasteiger partial charge in [0.25, 0.3) is 0 Å². The molecule has 0 radical (unpaired) electrons. The van der Waals surface area contributed by atoms with Gasteiger partial charge in [-0.15, -0.1) is 0 Å². The van der Waals surface area contributed by atoms with Crippen molar-refractivity contribution in [2.45, 2.75) is 37.8 Å². The molecular formula is C24H26ClFN4O4. The highest BCUT2D eigenvalue weighted by molar-refractivity contribution is 6.30. The van der Waals surface area contributed by atoms with E-state index in [0.29, 0.717) is 29.4 Å². The first-order valence-electron chi connectivity index (χ1n) is 11.1. The Kier molecular flexibility index (Phi) is 7.33. The topological polar surface area (TPSA) is 91.0 Å². The Morgan fingerprint density at radius 3 is 2.56 bits per heavy atom. The molecule has 2 aliphatic rings. The maximum atomic E-state index is 14.8. The van der Waals surface area contributed by atoms with E-state index in [2.05, 4.69) is 10.6 Å². The first-order chi connectivity index (χ1) is 16.4. The minimum absolute atomic E-state index is 0.0165. The predicted molar refractivity (Wildman–Crippen MR) is 128 cm³/mol. The van der Waals surface area contributed by atoms with E-state index in [4.69, 9.17) is 16.3 Å². The van der Waals surface area contributed by atoms with Crippen molar-refractivity contribution < 1.29 is 23.5 Å². The van der Waals surface area contributed by atoms with Gasteiger partial charge < -0.3 is 25.2 Å². The summed E-state index contributed by atoms with van der Waals surface area (Å²) in [5, 5.41) is 5.86. The number of amides is 4. The molecule has 34 heavy (non-hydrogen) atoms. The van der Waals surface area contributed by atoms with Crippen molar-refractivity contribution in [2.24, 2.45) is 0 Å². The molecule has 2 saturated heterocycles. The molecule has 0 saturated carbocycles. The van der Waals surface area contributed by atoms with Gasteiger partial charge in [0.2, 0.25) is 11.8 Å². The van der Waals surface area contributed by atoms with Gasteiger partial charge in [-0.25, -0.2) is 9.18 Å². The SMILES string of the molecule is CO[C@H]1C[C@H](C(=O)Nc2ccc(N3CCCCC3=O)cc2F)N(C(=O)Nc2ccc(Cl)cc2)C1. The van der Waals surface area contributed by atoms with E-state index >= 15 is 0 Å². The summed E-state index contributed by atoms with van der Waals surface area (Å²) in [6, 6.07) is 9.58. The molecule has 2 N–H and O–H groups in total. The van der Waals surface area contributed by atoms with Crippen LogP contribution in [0.3, 0.4) is 0 Å². The fraction of sp³-hybridized carbons (Fsp3) is 0.375. The van der Waals surface area contributed by atoms with Gasteiger partial charge >= 0.3 is 6.03 Å². The summed E-state index contributed by atoms with van der Waals surface area (Å²) in [5.74, 6) is -1.21. The van der Waals surface area contributed by atoms with Gasteiger partial charge in [0, 0.05) is 49.4 Å². The number of nitrogens with one attached hydrogen (secondary N) is 2. The van der Waals surface area contributed by atoms with Crippen molar-refractivity contribution in [3.63, 3.8) is 0 Å². The van der Waals surface area contributed by atoms with E-state index in [1.54, 1.807) is 35.2 Å². The lowest BCUT2D eigenvalue weighted by atomic mass is 10.1. The third kappa shape index (κ3) is 5.31. The Labute approximate surface area is 202 Å². The largest absolute Gasteiger partial charge is 0.380 e. The van der Waals surface area contributed by atoms with Crippen LogP contribution in [0.15, 0.2) is 42.5 Å². The molecule has 0 spiro atoms. The predicted octanol–water partition coefficient (Wildman–Crippen LogP) is 4.26. The number of nitrogens with zero attached hydrogens (tertiary/aromatic N) is 2. The van der Waals surface area contributed by atoms with Crippen LogP contribution in [0.25, 0.3) is 0 Å². The van der Waals surface area contributed by atoms with Crippen molar-refractivity contribution >= 4 is 46.5 Å². The fourth-order valence-electron chi connectivity index (χ4n) is 4.24. The highest BCUT2D eigenvalue weighted by atomic mass is 35.5. The highest BCUT2D eigenvalue weighted by Crippen LogP contribution is 2.27. The number of anilines is 3. The maximum Gasteiger partial charge on any atom is 0.322 e. The number of hydrogen-bond acceptors (Lipinski definition) is 4. The molecule has 0 aromatic heterocycles. The average Bonchev–Trinajstić information content (AvgIpc) is 3.27. The number of likely N-dealkylation sites (tertiary alicyclic amines) is 1. The zero-order valence-corrected chi connectivity index (χ0v) is 19.5. The van der Waals surface area contributed by atoms with E-state index < -0.39 is 23.8 Å². The summed E-state index contributed by atoms with van der Waals surface area (Å²) in [5.41, 5.74) is 0.977. The van der Waals surface area contributed by atoms with Crippen molar-refractivity contribution in [2.75, 3.05) is 35.7 Å². The van der Waals surface area contributed by atoms with Crippen molar-refractivity contribution in [3.05, 3.63) is 53.3 Å². The van der Waals surface area contributed by atoms with E-state index in [-0.39, 0.29) is 30.7 Å². The molecule has 2 aromatic carbocycles. The van der Waals surface area contributed by atoms with Gasteiger partial charge in [-0.1, -0.05) is 11.6 Å². The number of ether oxygens (including phenoxy) is 1. The normalized spacial score (nSPS) is 20.4. The lowest BCUT2D eigenvalue weighted by molar-refractivity contribution is -0.120. The summed E-state index contributed by atoms with van der Waals surface area (Å²) < 4.78 is 20.2. The van der Waals surface area contributed by atoms with Crippen molar-refractivity contribution in [3.8, 4) is 0 Å². The van der Waals surface area contributed by atoms with E-state index in [0.717, 1.165) is 12.8 Å². The summed E-state index contributed by atoms with van der Waals surface area (Å²) in [6.07, 6.45) is 2.08. The molecule has 0 bridgehead atoms.